The van der Waals surface area contributed by atoms with Crippen molar-refractivity contribution in [3.63, 3.8) is 0 Å². The van der Waals surface area contributed by atoms with Crippen molar-refractivity contribution in [1.29, 1.82) is 0 Å². The molecule has 0 saturated heterocycles. The van der Waals surface area contributed by atoms with Gasteiger partial charge in [0.15, 0.2) is 0 Å². The summed E-state index contributed by atoms with van der Waals surface area (Å²) in [6.45, 7) is 4.05. The molecule has 12 heavy (non-hydrogen) atoms. The van der Waals surface area contributed by atoms with Crippen LogP contribution in [0.3, 0.4) is 0 Å². The molecule has 2 aromatic rings. The lowest BCUT2D eigenvalue weighted by molar-refractivity contribution is 0.578. The first-order chi connectivity index (χ1) is 5.25. The zero-order valence-electron chi connectivity index (χ0n) is 6.72. The zero-order valence-corrected chi connectivity index (χ0v) is 6.72. The molecule has 0 aliphatic rings. The first-order valence-electron chi connectivity index (χ1n) is 3.72. The van der Waals surface area contributed by atoms with Gasteiger partial charge in [-0.25, -0.2) is 0 Å². The molecule has 2 rings (SSSR count). The summed E-state index contributed by atoms with van der Waals surface area (Å²) in [4.78, 5) is 0. The highest BCUT2D eigenvalue weighted by Gasteiger charge is 1.97. The Hall–Kier alpha value is -1.24. The predicted molar refractivity (Wildman–Crippen MR) is 52.4 cm³/mol. The fourth-order valence-electron chi connectivity index (χ4n) is 1.30. The lowest BCUT2D eigenvalue weighted by Crippen LogP contribution is -1.67. The molecule has 0 saturated carbocycles. The van der Waals surface area contributed by atoms with Crippen LogP contribution in [0.2, 0.25) is 0 Å². The van der Waals surface area contributed by atoms with E-state index in [0.29, 0.717) is 0 Å². The second kappa shape index (κ2) is 3.02. The smallest absolute Gasteiger partial charge is 0.134 e. The van der Waals surface area contributed by atoms with E-state index >= 15 is 0 Å². The Labute approximate surface area is 73.0 Å². The van der Waals surface area contributed by atoms with Crippen LogP contribution in [0.1, 0.15) is 18.8 Å². The van der Waals surface area contributed by atoms with Crippen molar-refractivity contribution in [2.45, 2.75) is 21.3 Å². The van der Waals surface area contributed by atoms with E-state index in [2.05, 4.69) is 25.1 Å². The molecule has 0 amide bonds. The second-order valence-electron chi connectivity index (χ2n) is 2.90. The Morgan fingerprint density at radius 1 is 1.08 bits per heavy atom. The molecular formula is C11H14O. The van der Waals surface area contributed by atoms with Gasteiger partial charge in [0.2, 0.25) is 0 Å². The summed E-state index contributed by atoms with van der Waals surface area (Å²) in [6.07, 6.45) is 0. The minimum atomic E-state index is 0. The van der Waals surface area contributed by atoms with Gasteiger partial charge in [0.05, 0.1) is 0 Å². The van der Waals surface area contributed by atoms with Crippen molar-refractivity contribution >= 4 is 11.0 Å². The molecule has 64 valence electrons. The lowest BCUT2D eigenvalue weighted by Gasteiger charge is -1.89. The molecule has 1 aromatic carbocycles. The van der Waals surface area contributed by atoms with Crippen molar-refractivity contribution in [3.8, 4) is 0 Å². The quantitative estimate of drug-likeness (QED) is 0.575. The maximum atomic E-state index is 5.42. The highest BCUT2D eigenvalue weighted by atomic mass is 16.3. The highest BCUT2D eigenvalue weighted by Crippen LogP contribution is 2.19. The van der Waals surface area contributed by atoms with Gasteiger partial charge in [0.1, 0.15) is 11.3 Å². The fraction of sp³-hybridized carbons (Fsp3) is 0.273. The summed E-state index contributed by atoms with van der Waals surface area (Å²) in [5.74, 6) is 0.977. The van der Waals surface area contributed by atoms with Crippen molar-refractivity contribution in [3.05, 3.63) is 35.6 Å². The van der Waals surface area contributed by atoms with Gasteiger partial charge in [0.25, 0.3) is 0 Å². The molecule has 0 unspecified atom stereocenters. The summed E-state index contributed by atoms with van der Waals surface area (Å²) in [5.41, 5.74) is 2.26. The highest BCUT2D eigenvalue weighted by molar-refractivity contribution is 5.78. The van der Waals surface area contributed by atoms with Crippen molar-refractivity contribution in [1.82, 2.24) is 0 Å². The monoisotopic (exact) mass is 162 g/mol. The number of hydrogen-bond acceptors (Lipinski definition) is 1. The van der Waals surface area contributed by atoms with Crippen molar-refractivity contribution in [2.75, 3.05) is 0 Å². The van der Waals surface area contributed by atoms with E-state index < -0.39 is 0 Å². The Morgan fingerprint density at radius 2 is 1.83 bits per heavy atom. The Kier molecular flexibility index (Phi) is 2.22. The van der Waals surface area contributed by atoms with Gasteiger partial charge in [-0.3, -0.25) is 0 Å². The number of hydrogen-bond donors (Lipinski definition) is 0. The molecule has 0 atom stereocenters. The molecule has 0 N–H and O–H groups in total. The summed E-state index contributed by atoms with van der Waals surface area (Å²) in [6, 6.07) is 8.26. The molecule has 1 heteroatoms. The van der Waals surface area contributed by atoms with Crippen LogP contribution < -0.4 is 0 Å². The summed E-state index contributed by atoms with van der Waals surface area (Å²) in [5, 5.41) is 1.20. The third kappa shape index (κ3) is 1.35. The summed E-state index contributed by atoms with van der Waals surface area (Å²) in [7, 11) is 0. The molecular weight excluding hydrogens is 148 g/mol. The standard InChI is InChI=1S/C10H10O.CH4/c1-7-3-4-10-9(5-7)6-8(2)11-10;/h3-6H,1-2H3;1H4. The molecule has 1 heterocycles. The van der Waals surface area contributed by atoms with E-state index in [1.54, 1.807) is 0 Å². The van der Waals surface area contributed by atoms with Crippen LogP contribution in [-0.4, -0.2) is 0 Å². The molecule has 0 aliphatic heterocycles. The van der Waals surface area contributed by atoms with E-state index in [9.17, 15) is 0 Å². The van der Waals surface area contributed by atoms with Gasteiger partial charge in [-0.15, -0.1) is 0 Å². The topological polar surface area (TPSA) is 13.1 Å². The maximum Gasteiger partial charge on any atom is 0.134 e. The third-order valence-corrected chi connectivity index (χ3v) is 1.80. The molecule has 0 aliphatic carbocycles. The minimum absolute atomic E-state index is 0. The van der Waals surface area contributed by atoms with Crippen molar-refractivity contribution < 1.29 is 4.42 Å². The Bertz CT molecular complexity index is 385. The summed E-state index contributed by atoms with van der Waals surface area (Å²) >= 11 is 0. The van der Waals surface area contributed by atoms with E-state index in [1.165, 1.54) is 10.9 Å². The van der Waals surface area contributed by atoms with Crippen LogP contribution >= 0.6 is 0 Å². The van der Waals surface area contributed by atoms with Crippen LogP contribution in [0.25, 0.3) is 11.0 Å². The lowest BCUT2D eigenvalue weighted by atomic mass is 10.2. The van der Waals surface area contributed by atoms with E-state index in [1.807, 2.05) is 13.0 Å². The molecule has 0 bridgehead atoms. The maximum absolute atomic E-state index is 5.42. The Morgan fingerprint density at radius 3 is 2.58 bits per heavy atom. The number of benzene rings is 1. The molecule has 0 radical (unpaired) electrons. The SMILES string of the molecule is C.Cc1ccc2oc(C)cc2c1. The van der Waals surface area contributed by atoms with Crippen molar-refractivity contribution in [2.24, 2.45) is 0 Å². The number of furan rings is 1. The second-order valence-corrected chi connectivity index (χ2v) is 2.90. The number of rotatable bonds is 0. The number of fused-ring (bicyclic) bond motifs is 1. The van der Waals surface area contributed by atoms with E-state index in [-0.39, 0.29) is 7.43 Å². The van der Waals surface area contributed by atoms with Gasteiger partial charge in [-0.1, -0.05) is 19.1 Å². The minimum Gasteiger partial charge on any atom is -0.461 e. The van der Waals surface area contributed by atoms with Gasteiger partial charge in [-0.2, -0.15) is 0 Å². The van der Waals surface area contributed by atoms with Gasteiger partial charge in [-0.05, 0) is 32.0 Å². The van der Waals surface area contributed by atoms with E-state index in [0.717, 1.165) is 11.3 Å². The van der Waals surface area contributed by atoms with Crippen LogP contribution in [-0.2, 0) is 0 Å². The number of aryl methyl sites for hydroxylation is 2. The van der Waals surface area contributed by atoms with E-state index in [4.69, 9.17) is 4.42 Å². The average Bonchev–Trinajstić information content (AvgIpc) is 2.27. The molecule has 0 fully saturated rings. The Balaban J connectivity index is 0.000000720. The zero-order chi connectivity index (χ0) is 7.84. The van der Waals surface area contributed by atoms with Gasteiger partial charge >= 0.3 is 0 Å². The van der Waals surface area contributed by atoms with Crippen LogP contribution in [0.15, 0.2) is 28.7 Å². The van der Waals surface area contributed by atoms with Gasteiger partial charge < -0.3 is 4.42 Å². The third-order valence-electron chi connectivity index (χ3n) is 1.80. The first-order valence-corrected chi connectivity index (χ1v) is 3.72. The molecule has 1 aromatic heterocycles. The predicted octanol–water partition coefficient (Wildman–Crippen LogP) is 3.69. The van der Waals surface area contributed by atoms with Gasteiger partial charge in [0, 0.05) is 5.39 Å². The van der Waals surface area contributed by atoms with Crippen LogP contribution in [0.5, 0.6) is 0 Å². The fourth-order valence-corrected chi connectivity index (χ4v) is 1.30. The van der Waals surface area contributed by atoms with Crippen LogP contribution in [0, 0.1) is 13.8 Å². The largest absolute Gasteiger partial charge is 0.461 e. The van der Waals surface area contributed by atoms with Crippen LogP contribution in [0.4, 0.5) is 0 Å². The molecule has 0 spiro atoms. The molecule has 1 nitrogen and oxygen atoms in total. The normalized spacial score (nSPS) is 9.83. The average molecular weight is 162 g/mol. The summed E-state index contributed by atoms with van der Waals surface area (Å²) < 4.78 is 5.42. The first kappa shape index (κ1) is 8.85.